The third-order valence-electron chi connectivity index (χ3n) is 2.10. The van der Waals surface area contributed by atoms with E-state index in [4.69, 9.17) is 4.74 Å². The predicted molar refractivity (Wildman–Crippen MR) is 61.7 cm³/mol. The SMILES string of the molecule is CC#CCC(C(=O)OCC)c1ccccn1. The van der Waals surface area contributed by atoms with Gasteiger partial charge in [0.05, 0.1) is 12.3 Å². The Balaban J connectivity index is 2.85. The number of pyridine rings is 1. The smallest absolute Gasteiger partial charge is 0.315 e. The van der Waals surface area contributed by atoms with Crippen molar-refractivity contribution in [3.63, 3.8) is 0 Å². The van der Waals surface area contributed by atoms with Crippen molar-refractivity contribution < 1.29 is 9.53 Å². The molecule has 1 rings (SSSR count). The minimum absolute atomic E-state index is 0.260. The lowest BCUT2D eigenvalue weighted by atomic mass is 10.0. The first-order chi connectivity index (χ1) is 7.79. The second-order valence-corrected chi connectivity index (χ2v) is 3.19. The normalized spacial score (nSPS) is 11.1. The first-order valence-electron chi connectivity index (χ1n) is 5.26. The van der Waals surface area contributed by atoms with Crippen molar-refractivity contribution in [2.24, 2.45) is 0 Å². The van der Waals surface area contributed by atoms with Crippen molar-refractivity contribution >= 4 is 5.97 Å². The number of aromatic nitrogens is 1. The maximum absolute atomic E-state index is 11.7. The quantitative estimate of drug-likeness (QED) is 0.573. The Morgan fingerprint density at radius 1 is 1.56 bits per heavy atom. The van der Waals surface area contributed by atoms with Gasteiger partial charge in [-0.05, 0) is 26.0 Å². The number of rotatable bonds is 4. The van der Waals surface area contributed by atoms with Crippen molar-refractivity contribution in [2.45, 2.75) is 26.2 Å². The Morgan fingerprint density at radius 2 is 2.38 bits per heavy atom. The zero-order valence-corrected chi connectivity index (χ0v) is 9.56. The molecule has 0 radical (unpaired) electrons. The standard InChI is InChI=1S/C13H15NO2/c1-3-5-8-11(13(15)16-4-2)12-9-6-7-10-14-12/h6-7,9-11H,4,8H2,1-2H3. The summed E-state index contributed by atoms with van der Waals surface area (Å²) in [5.74, 6) is 5.03. The summed E-state index contributed by atoms with van der Waals surface area (Å²) in [6.07, 6.45) is 2.12. The highest BCUT2D eigenvalue weighted by Crippen LogP contribution is 2.18. The third kappa shape index (κ3) is 3.39. The number of carbonyl (C=O) groups is 1. The molecule has 1 atom stereocenters. The van der Waals surface area contributed by atoms with Gasteiger partial charge in [-0.2, -0.15) is 0 Å². The molecule has 0 fully saturated rings. The lowest BCUT2D eigenvalue weighted by Crippen LogP contribution is -2.16. The van der Waals surface area contributed by atoms with Gasteiger partial charge in [0.2, 0.25) is 0 Å². The molecule has 16 heavy (non-hydrogen) atoms. The van der Waals surface area contributed by atoms with Crippen LogP contribution in [0.4, 0.5) is 0 Å². The molecule has 1 heterocycles. The molecule has 3 nitrogen and oxygen atoms in total. The van der Waals surface area contributed by atoms with E-state index in [0.29, 0.717) is 18.7 Å². The molecule has 84 valence electrons. The van der Waals surface area contributed by atoms with Crippen molar-refractivity contribution in [3.05, 3.63) is 30.1 Å². The molecule has 0 spiro atoms. The fourth-order valence-electron chi connectivity index (χ4n) is 1.34. The lowest BCUT2D eigenvalue weighted by molar-refractivity contribution is -0.144. The monoisotopic (exact) mass is 217 g/mol. The summed E-state index contributed by atoms with van der Waals surface area (Å²) in [5.41, 5.74) is 0.712. The van der Waals surface area contributed by atoms with Crippen molar-refractivity contribution in [1.29, 1.82) is 0 Å². The Morgan fingerprint density at radius 3 is 2.94 bits per heavy atom. The molecule has 1 aromatic heterocycles. The van der Waals surface area contributed by atoms with Gasteiger partial charge in [0.25, 0.3) is 0 Å². The van der Waals surface area contributed by atoms with Crippen LogP contribution >= 0.6 is 0 Å². The average Bonchev–Trinajstić information content (AvgIpc) is 2.31. The fourth-order valence-corrected chi connectivity index (χ4v) is 1.34. The van der Waals surface area contributed by atoms with E-state index in [1.54, 1.807) is 20.0 Å². The average molecular weight is 217 g/mol. The van der Waals surface area contributed by atoms with Crippen LogP contribution in [0.2, 0.25) is 0 Å². The largest absolute Gasteiger partial charge is 0.465 e. The van der Waals surface area contributed by atoms with Crippen molar-refractivity contribution in [3.8, 4) is 11.8 Å². The first kappa shape index (κ1) is 12.3. The van der Waals surface area contributed by atoms with Crippen molar-refractivity contribution in [2.75, 3.05) is 6.61 Å². The number of hydrogen-bond donors (Lipinski definition) is 0. The molecule has 0 bridgehead atoms. The van der Waals surface area contributed by atoms with Crippen LogP contribution in [0.1, 0.15) is 31.9 Å². The van der Waals surface area contributed by atoms with Crippen LogP contribution in [0.15, 0.2) is 24.4 Å². The Kier molecular flexibility index (Phi) is 5.07. The van der Waals surface area contributed by atoms with E-state index in [0.717, 1.165) is 0 Å². The molecule has 0 saturated heterocycles. The summed E-state index contributed by atoms with van der Waals surface area (Å²) < 4.78 is 5.01. The summed E-state index contributed by atoms with van der Waals surface area (Å²) in [6.45, 7) is 3.92. The van der Waals surface area contributed by atoms with Gasteiger partial charge in [-0.25, -0.2) is 0 Å². The van der Waals surface area contributed by atoms with Gasteiger partial charge >= 0.3 is 5.97 Å². The van der Waals surface area contributed by atoms with E-state index in [2.05, 4.69) is 16.8 Å². The van der Waals surface area contributed by atoms with Crippen LogP contribution < -0.4 is 0 Å². The maximum atomic E-state index is 11.7. The second kappa shape index (κ2) is 6.62. The molecule has 3 heteroatoms. The topological polar surface area (TPSA) is 39.2 Å². The molecule has 0 amide bonds. The van der Waals surface area contributed by atoms with Crippen LogP contribution in [0, 0.1) is 11.8 Å². The summed E-state index contributed by atoms with van der Waals surface area (Å²) in [7, 11) is 0. The van der Waals surface area contributed by atoms with E-state index in [1.807, 2.05) is 18.2 Å². The van der Waals surface area contributed by atoms with Crippen LogP contribution in [-0.2, 0) is 9.53 Å². The van der Waals surface area contributed by atoms with E-state index in [-0.39, 0.29) is 11.9 Å². The molecule has 0 aromatic carbocycles. The van der Waals surface area contributed by atoms with Crippen molar-refractivity contribution in [1.82, 2.24) is 4.98 Å². The number of hydrogen-bond acceptors (Lipinski definition) is 3. The van der Waals surface area contributed by atoms with E-state index >= 15 is 0 Å². The van der Waals surface area contributed by atoms with Crippen LogP contribution in [0.3, 0.4) is 0 Å². The summed E-state index contributed by atoms with van der Waals surface area (Å²) in [4.78, 5) is 15.9. The Bertz CT molecular complexity index is 389. The second-order valence-electron chi connectivity index (χ2n) is 3.19. The highest BCUT2D eigenvalue weighted by molar-refractivity contribution is 5.77. The minimum Gasteiger partial charge on any atom is -0.465 e. The minimum atomic E-state index is -0.381. The van der Waals surface area contributed by atoms with Gasteiger partial charge in [-0.15, -0.1) is 11.8 Å². The molecule has 0 aliphatic heterocycles. The van der Waals surface area contributed by atoms with E-state index < -0.39 is 0 Å². The molecule has 0 aliphatic carbocycles. The van der Waals surface area contributed by atoms with E-state index in [9.17, 15) is 4.79 Å². The zero-order chi connectivity index (χ0) is 11.8. The molecular formula is C13H15NO2. The Labute approximate surface area is 95.8 Å². The van der Waals surface area contributed by atoms with Crippen LogP contribution in [-0.4, -0.2) is 17.6 Å². The third-order valence-corrected chi connectivity index (χ3v) is 2.10. The molecule has 0 aliphatic rings. The van der Waals surface area contributed by atoms with Gasteiger partial charge in [0.1, 0.15) is 5.92 Å². The summed E-state index contributed by atoms with van der Waals surface area (Å²) in [5, 5.41) is 0. The predicted octanol–water partition coefficient (Wildman–Crippen LogP) is 2.14. The summed E-state index contributed by atoms with van der Waals surface area (Å²) >= 11 is 0. The van der Waals surface area contributed by atoms with Gasteiger partial charge in [0, 0.05) is 12.6 Å². The van der Waals surface area contributed by atoms with E-state index in [1.165, 1.54) is 0 Å². The highest BCUT2D eigenvalue weighted by atomic mass is 16.5. The van der Waals surface area contributed by atoms with Crippen LogP contribution in [0.25, 0.3) is 0 Å². The van der Waals surface area contributed by atoms with Gasteiger partial charge < -0.3 is 4.74 Å². The number of nitrogens with zero attached hydrogens (tertiary/aromatic N) is 1. The van der Waals surface area contributed by atoms with Gasteiger partial charge in [0.15, 0.2) is 0 Å². The molecule has 1 unspecified atom stereocenters. The molecule has 0 N–H and O–H groups in total. The maximum Gasteiger partial charge on any atom is 0.315 e. The van der Waals surface area contributed by atoms with Gasteiger partial charge in [-0.1, -0.05) is 6.07 Å². The highest BCUT2D eigenvalue weighted by Gasteiger charge is 2.21. The number of ether oxygens (including phenoxy) is 1. The summed E-state index contributed by atoms with van der Waals surface area (Å²) in [6, 6.07) is 5.49. The van der Waals surface area contributed by atoms with Crippen LogP contribution in [0.5, 0.6) is 0 Å². The first-order valence-corrected chi connectivity index (χ1v) is 5.26. The molecule has 0 saturated carbocycles. The molecular weight excluding hydrogens is 202 g/mol. The fraction of sp³-hybridized carbons (Fsp3) is 0.385. The van der Waals surface area contributed by atoms with Gasteiger partial charge in [-0.3, -0.25) is 9.78 Å². The Hall–Kier alpha value is -1.82. The molecule has 1 aromatic rings. The number of carbonyl (C=O) groups excluding carboxylic acids is 1. The zero-order valence-electron chi connectivity index (χ0n) is 9.56. The number of esters is 1. The lowest BCUT2D eigenvalue weighted by Gasteiger charge is -2.11.